The van der Waals surface area contributed by atoms with Crippen molar-refractivity contribution < 1.29 is 4.74 Å². The molecule has 0 amide bonds. The summed E-state index contributed by atoms with van der Waals surface area (Å²) in [6.45, 7) is 10.7. The van der Waals surface area contributed by atoms with Crippen LogP contribution < -0.4 is 5.32 Å². The molecular formula is C13H26N2OS. The van der Waals surface area contributed by atoms with Gasteiger partial charge in [0.05, 0.1) is 6.61 Å². The lowest BCUT2D eigenvalue weighted by atomic mass is 9.86. The Kier molecular flexibility index (Phi) is 5.67. The third-order valence-corrected chi connectivity index (χ3v) is 4.00. The highest BCUT2D eigenvalue weighted by atomic mass is 32.1. The van der Waals surface area contributed by atoms with Gasteiger partial charge in [0.25, 0.3) is 0 Å². The SMILES string of the molecule is COCC(C)NC(=S)N1CC(C)CC(C)C1C. The molecule has 0 aromatic carbocycles. The van der Waals surface area contributed by atoms with Gasteiger partial charge in [0.2, 0.25) is 0 Å². The van der Waals surface area contributed by atoms with E-state index >= 15 is 0 Å². The largest absolute Gasteiger partial charge is 0.383 e. The maximum atomic E-state index is 5.51. The van der Waals surface area contributed by atoms with Crippen molar-refractivity contribution >= 4 is 17.3 Å². The van der Waals surface area contributed by atoms with E-state index in [-0.39, 0.29) is 6.04 Å². The van der Waals surface area contributed by atoms with Gasteiger partial charge in [-0.15, -0.1) is 0 Å². The van der Waals surface area contributed by atoms with Gasteiger partial charge in [-0.05, 0) is 44.3 Å². The molecule has 1 heterocycles. The number of hydrogen-bond acceptors (Lipinski definition) is 2. The second-order valence-electron chi connectivity index (χ2n) is 5.52. The molecule has 17 heavy (non-hydrogen) atoms. The van der Waals surface area contributed by atoms with Gasteiger partial charge in [0.1, 0.15) is 0 Å². The van der Waals surface area contributed by atoms with Gasteiger partial charge in [0, 0.05) is 25.7 Å². The van der Waals surface area contributed by atoms with E-state index in [0.29, 0.717) is 18.6 Å². The molecule has 0 aromatic rings. The predicted octanol–water partition coefficient (Wildman–Crippen LogP) is 2.26. The zero-order chi connectivity index (χ0) is 13.0. The molecule has 1 saturated heterocycles. The lowest BCUT2D eigenvalue weighted by Crippen LogP contribution is -2.54. The minimum Gasteiger partial charge on any atom is -0.383 e. The van der Waals surface area contributed by atoms with Crippen molar-refractivity contribution in [3.63, 3.8) is 0 Å². The molecule has 1 fully saturated rings. The number of methoxy groups -OCH3 is 1. The summed E-state index contributed by atoms with van der Waals surface area (Å²) in [4.78, 5) is 2.33. The zero-order valence-electron chi connectivity index (χ0n) is 11.7. The smallest absolute Gasteiger partial charge is 0.169 e. The first-order valence-electron chi connectivity index (χ1n) is 6.51. The molecule has 0 saturated carbocycles. The Balaban J connectivity index is 2.54. The van der Waals surface area contributed by atoms with Crippen molar-refractivity contribution in [1.82, 2.24) is 10.2 Å². The van der Waals surface area contributed by atoms with Crippen molar-refractivity contribution in [2.75, 3.05) is 20.3 Å². The van der Waals surface area contributed by atoms with Gasteiger partial charge in [0.15, 0.2) is 5.11 Å². The van der Waals surface area contributed by atoms with Gasteiger partial charge < -0.3 is 15.0 Å². The van der Waals surface area contributed by atoms with E-state index in [4.69, 9.17) is 17.0 Å². The highest BCUT2D eigenvalue weighted by molar-refractivity contribution is 7.80. The van der Waals surface area contributed by atoms with Crippen LogP contribution in [0.4, 0.5) is 0 Å². The summed E-state index contributed by atoms with van der Waals surface area (Å²) in [6.07, 6.45) is 1.30. The molecule has 100 valence electrons. The Morgan fingerprint density at radius 2 is 2.12 bits per heavy atom. The van der Waals surface area contributed by atoms with Crippen LogP contribution in [0.2, 0.25) is 0 Å². The van der Waals surface area contributed by atoms with Crippen molar-refractivity contribution in [3.05, 3.63) is 0 Å². The summed E-state index contributed by atoms with van der Waals surface area (Å²) in [5, 5.41) is 4.23. The number of thiocarbonyl (C=S) groups is 1. The molecule has 0 aliphatic carbocycles. The van der Waals surface area contributed by atoms with Crippen LogP contribution in [0, 0.1) is 11.8 Å². The summed E-state index contributed by atoms with van der Waals surface area (Å²) in [7, 11) is 1.72. The summed E-state index contributed by atoms with van der Waals surface area (Å²) in [5.74, 6) is 1.43. The highest BCUT2D eigenvalue weighted by Crippen LogP contribution is 2.26. The fourth-order valence-corrected chi connectivity index (χ4v) is 3.01. The molecule has 1 N–H and O–H groups in total. The maximum Gasteiger partial charge on any atom is 0.169 e. The number of nitrogens with zero attached hydrogens (tertiary/aromatic N) is 1. The molecule has 4 unspecified atom stereocenters. The van der Waals surface area contributed by atoms with Gasteiger partial charge in [-0.25, -0.2) is 0 Å². The minimum absolute atomic E-state index is 0.271. The van der Waals surface area contributed by atoms with Crippen molar-refractivity contribution in [3.8, 4) is 0 Å². The average Bonchev–Trinajstić information content (AvgIpc) is 2.23. The van der Waals surface area contributed by atoms with Gasteiger partial charge in [-0.1, -0.05) is 13.8 Å². The van der Waals surface area contributed by atoms with Crippen LogP contribution in [0.3, 0.4) is 0 Å². The molecule has 1 aliphatic rings. The zero-order valence-corrected chi connectivity index (χ0v) is 12.5. The molecule has 1 aliphatic heterocycles. The minimum atomic E-state index is 0.271. The Morgan fingerprint density at radius 3 is 2.71 bits per heavy atom. The number of rotatable bonds is 3. The Hall–Kier alpha value is -0.350. The topological polar surface area (TPSA) is 24.5 Å². The third kappa shape index (κ3) is 4.11. The van der Waals surface area contributed by atoms with Crippen molar-refractivity contribution in [2.24, 2.45) is 11.8 Å². The second kappa shape index (κ2) is 6.55. The van der Waals surface area contributed by atoms with Crippen LogP contribution in [0.1, 0.15) is 34.1 Å². The first-order chi connectivity index (χ1) is 7.95. The van der Waals surface area contributed by atoms with Crippen LogP contribution in [0.25, 0.3) is 0 Å². The van der Waals surface area contributed by atoms with Crippen molar-refractivity contribution in [1.29, 1.82) is 0 Å². The lowest BCUT2D eigenvalue weighted by Gasteiger charge is -2.43. The van der Waals surface area contributed by atoms with Crippen molar-refractivity contribution in [2.45, 2.75) is 46.2 Å². The normalized spacial score (nSPS) is 31.1. The third-order valence-electron chi connectivity index (χ3n) is 3.65. The second-order valence-corrected chi connectivity index (χ2v) is 5.90. The standard InChI is InChI=1S/C13H26N2OS/c1-9-6-10(2)12(4)15(7-9)13(17)14-11(3)8-16-5/h9-12H,6-8H2,1-5H3,(H,14,17). The summed E-state index contributed by atoms with van der Waals surface area (Å²) < 4.78 is 5.12. The molecule has 0 spiro atoms. The van der Waals surface area contributed by atoms with Gasteiger partial charge in [-0.3, -0.25) is 0 Å². The first-order valence-corrected chi connectivity index (χ1v) is 6.92. The summed E-state index contributed by atoms with van der Waals surface area (Å²) in [6, 6.07) is 0.799. The fraction of sp³-hybridized carbons (Fsp3) is 0.923. The number of piperidine rings is 1. The maximum absolute atomic E-state index is 5.51. The van der Waals surface area contributed by atoms with Crippen LogP contribution in [-0.4, -0.2) is 42.4 Å². The monoisotopic (exact) mass is 258 g/mol. The van der Waals surface area contributed by atoms with E-state index in [0.717, 1.165) is 17.6 Å². The number of ether oxygens (including phenoxy) is 1. The summed E-state index contributed by atoms with van der Waals surface area (Å²) in [5.41, 5.74) is 0. The predicted molar refractivity (Wildman–Crippen MR) is 76.2 cm³/mol. The number of hydrogen-bond donors (Lipinski definition) is 1. The van der Waals surface area contributed by atoms with Crippen LogP contribution >= 0.6 is 12.2 Å². The highest BCUT2D eigenvalue weighted by Gasteiger charge is 2.30. The molecule has 4 atom stereocenters. The fourth-order valence-electron chi connectivity index (χ4n) is 2.57. The van der Waals surface area contributed by atoms with E-state index < -0.39 is 0 Å². The molecule has 0 radical (unpaired) electrons. The molecule has 1 rings (SSSR count). The molecule has 0 aromatic heterocycles. The van der Waals surface area contributed by atoms with E-state index in [2.05, 4.69) is 37.9 Å². The molecule has 4 heteroatoms. The average molecular weight is 258 g/mol. The Labute approximate surface area is 111 Å². The quantitative estimate of drug-likeness (QED) is 0.785. The van der Waals surface area contributed by atoms with E-state index in [1.807, 2.05) is 0 Å². The van der Waals surface area contributed by atoms with E-state index in [1.165, 1.54) is 6.42 Å². The lowest BCUT2D eigenvalue weighted by molar-refractivity contribution is 0.140. The van der Waals surface area contributed by atoms with E-state index in [9.17, 15) is 0 Å². The van der Waals surface area contributed by atoms with Crippen LogP contribution in [-0.2, 0) is 4.74 Å². The van der Waals surface area contributed by atoms with Crippen LogP contribution in [0.15, 0.2) is 0 Å². The summed E-state index contributed by atoms with van der Waals surface area (Å²) >= 11 is 5.51. The number of likely N-dealkylation sites (tertiary alicyclic amines) is 1. The molecular weight excluding hydrogens is 232 g/mol. The Bertz CT molecular complexity index is 260. The van der Waals surface area contributed by atoms with Gasteiger partial charge >= 0.3 is 0 Å². The van der Waals surface area contributed by atoms with E-state index in [1.54, 1.807) is 7.11 Å². The first kappa shape index (κ1) is 14.7. The van der Waals surface area contributed by atoms with Gasteiger partial charge in [-0.2, -0.15) is 0 Å². The molecule has 3 nitrogen and oxygen atoms in total. The van der Waals surface area contributed by atoms with Crippen LogP contribution in [0.5, 0.6) is 0 Å². The Morgan fingerprint density at radius 1 is 1.47 bits per heavy atom. The molecule has 0 bridgehead atoms. The number of nitrogens with one attached hydrogen (secondary N) is 1.